The normalized spacial score (nSPS) is 11.2. The van der Waals surface area contributed by atoms with Crippen LogP contribution in [0.4, 0.5) is 35.1 Å². The fraction of sp³-hybridized carbons (Fsp3) is 0.161. The first-order valence-electron chi connectivity index (χ1n) is 12.1. The van der Waals surface area contributed by atoms with Gasteiger partial charge in [-0.05, 0) is 65.9 Å². The Hall–Kier alpha value is -4.32. The van der Waals surface area contributed by atoms with Crippen LogP contribution in [-0.2, 0) is 12.5 Å². The van der Waals surface area contributed by atoms with Gasteiger partial charge in [-0.3, -0.25) is 0 Å². The van der Waals surface area contributed by atoms with Gasteiger partial charge in [0, 0.05) is 11.6 Å². The van der Waals surface area contributed by atoms with Crippen LogP contribution in [0.1, 0.15) is 42.0 Å². The van der Waals surface area contributed by atoms with Crippen LogP contribution in [0.2, 0.25) is 0 Å². The fourth-order valence-corrected chi connectivity index (χ4v) is 3.89. The maximum atomic E-state index is 14.8. The van der Waals surface area contributed by atoms with Crippen LogP contribution in [-0.4, -0.2) is 0 Å². The van der Waals surface area contributed by atoms with Crippen molar-refractivity contribution in [3.63, 3.8) is 0 Å². The smallest absolute Gasteiger partial charge is 0.429 e. The van der Waals surface area contributed by atoms with Gasteiger partial charge < -0.3 is 4.74 Å². The number of aryl methyl sites for hydroxylation is 1. The lowest BCUT2D eigenvalue weighted by atomic mass is 10.00. The molecule has 0 N–H and O–H groups in total. The summed E-state index contributed by atoms with van der Waals surface area (Å²) in [6.45, 7) is 2.05. The third-order valence-corrected chi connectivity index (χ3v) is 5.95. The summed E-state index contributed by atoms with van der Waals surface area (Å²) < 4.78 is 118. The Morgan fingerprint density at radius 3 is 1.88 bits per heavy atom. The molecule has 40 heavy (non-hydrogen) atoms. The van der Waals surface area contributed by atoms with Crippen LogP contribution in [0.25, 0.3) is 11.1 Å². The van der Waals surface area contributed by atoms with Gasteiger partial charge in [0.1, 0.15) is 28.8 Å². The standard InChI is InChI=1S/C31H20F8O/c1-2-3-4-18-5-8-20(9-6-18)22-15-25(33)29(26(34)16-22)31(38,39)40-23-12-11-21(24(32)17-23)10-7-19-13-27(35)30(37)28(36)14-19/h5-6,8-9,11-17H,2-4H2,1H3. The first kappa shape index (κ1) is 28.7. The summed E-state index contributed by atoms with van der Waals surface area (Å²) in [6, 6.07) is 11.9. The van der Waals surface area contributed by atoms with Gasteiger partial charge >= 0.3 is 6.11 Å². The molecule has 0 bridgehead atoms. The fourth-order valence-electron chi connectivity index (χ4n) is 3.89. The van der Waals surface area contributed by atoms with Crippen molar-refractivity contribution >= 4 is 0 Å². The van der Waals surface area contributed by atoms with Gasteiger partial charge in [-0.15, -0.1) is 0 Å². The largest absolute Gasteiger partial charge is 0.432 e. The van der Waals surface area contributed by atoms with Crippen molar-refractivity contribution < 1.29 is 39.9 Å². The lowest BCUT2D eigenvalue weighted by molar-refractivity contribution is -0.189. The number of rotatable bonds is 7. The van der Waals surface area contributed by atoms with Crippen LogP contribution in [0, 0.1) is 46.7 Å². The molecule has 0 radical (unpaired) electrons. The predicted octanol–water partition coefficient (Wildman–Crippen LogP) is 9.06. The number of ether oxygens (including phenoxy) is 1. The summed E-state index contributed by atoms with van der Waals surface area (Å²) in [5, 5.41) is 0. The second-order valence-electron chi connectivity index (χ2n) is 8.88. The zero-order chi connectivity index (χ0) is 29.0. The van der Waals surface area contributed by atoms with Gasteiger partial charge in [0.15, 0.2) is 17.5 Å². The molecule has 0 saturated carbocycles. The third-order valence-electron chi connectivity index (χ3n) is 5.95. The van der Waals surface area contributed by atoms with E-state index in [9.17, 15) is 35.1 Å². The Labute approximate surface area is 225 Å². The highest BCUT2D eigenvalue weighted by atomic mass is 19.3. The van der Waals surface area contributed by atoms with Crippen molar-refractivity contribution in [2.45, 2.75) is 32.3 Å². The number of unbranched alkanes of at least 4 members (excludes halogenated alkanes) is 1. The van der Waals surface area contributed by atoms with Crippen molar-refractivity contribution in [3.8, 4) is 28.7 Å². The molecule has 0 unspecified atom stereocenters. The molecule has 0 saturated heterocycles. The molecule has 0 heterocycles. The molecule has 0 spiro atoms. The van der Waals surface area contributed by atoms with E-state index in [1.807, 2.05) is 6.92 Å². The summed E-state index contributed by atoms with van der Waals surface area (Å²) in [4.78, 5) is 0. The maximum absolute atomic E-state index is 14.8. The number of alkyl halides is 2. The van der Waals surface area contributed by atoms with E-state index in [1.165, 1.54) is 0 Å². The molecule has 4 aromatic carbocycles. The lowest BCUT2D eigenvalue weighted by Crippen LogP contribution is -2.25. The average Bonchev–Trinajstić information content (AvgIpc) is 2.89. The van der Waals surface area contributed by atoms with Crippen molar-refractivity contribution in [1.29, 1.82) is 0 Å². The minimum Gasteiger partial charge on any atom is -0.429 e. The van der Waals surface area contributed by atoms with Gasteiger partial charge in [0.25, 0.3) is 0 Å². The summed E-state index contributed by atoms with van der Waals surface area (Å²) in [7, 11) is 0. The monoisotopic (exact) mass is 560 g/mol. The van der Waals surface area contributed by atoms with E-state index >= 15 is 0 Å². The van der Waals surface area contributed by atoms with E-state index in [2.05, 4.69) is 16.6 Å². The third kappa shape index (κ3) is 6.45. The van der Waals surface area contributed by atoms with Crippen LogP contribution < -0.4 is 4.74 Å². The zero-order valence-electron chi connectivity index (χ0n) is 20.9. The molecule has 4 aromatic rings. The van der Waals surface area contributed by atoms with Crippen molar-refractivity contribution in [2.75, 3.05) is 0 Å². The SMILES string of the molecule is CCCCc1ccc(-c2cc(F)c(C(F)(F)Oc3ccc(C#Cc4cc(F)c(F)c(F)c4)c(F)c3)c(F)c2)cc1. The molecule has 1 nitrogen and oxygen atoms in total. The van der Waals surface area contributed by atoms with Gasteiger partial charge in [0.05, 0.1) is 5.56 Å². The maximum Gasteiger partial charge on any atom is 0.432 e. The topological polar surface area (TPSA) is 9.23 Å². The zero-order valence-corrected chi connectivity index (χ0v) is 20.9. The van der Waals surface area contributed by atoms with Gasteiger partial charge in [-0.1, -0.05) is 49.5 Å². The first-order chi connectivity index (χ1) is 19.0. The van der Waals surface area contributed by atoms with Crippen LogP contribution in [0.15, 0.2) is 66.7 Å². The Morgan fingerprint density at radius 2 is 1.30 bits per heavy atom. The molecular formula is C31H20F8O. The Kier molecular flexibility index (Phi) is 8.48. The van der Waals surface area contributed by atoms with Crippen molar-refractivity contribution in [1.82, 2.24) is 0 Å². The molecule has 0 aliphatic carbocycles. The van der Waals surface area contributed by atoms with E-state index in [-0.39, 0.29) is 16.7 Å². The molecule has 9 heteroatoms. The number of benzene rings is 4. The molecule has 0 atom stereocenters. The quantitative estimate of drug-likeness (QED) is 0.125. The molecule has 0 aliphatic rings. The highest BCUT2D eigenvalue weighted by molar-refractivity contribution is 5.64. The lowest BCUT2D eigenvalue weighted by Gasteiger charge is -2.20. The van der Waals surface area contributed by atoms with E-state index in [0.717, 1.165) is 49.1 Å². The number of hydrogen-bond acceptors (Lipinski definition) is 1. The minimum absolute atomic E-state index is 0.0477. The molecule has 0 aliphatic heterocycles. The first-order valence-corrected chi connectivity index (χ1v) is 12.1. The predicted molar refractivity (Wildman–Crippen MR) is 134 cm³/mol. The molecule has 206 valence electrons. The summed E-state index contributed by atoms with van der Waals surface area (Å²) in [5.74, 6) is -5.28. The second-order valence-corrected chi connectivity index (χ2v) is 8.88. The summed E-state index contributed by atoms with van der Waals surface area (Å²) >= 11 is 0. The molecule has 0 fully saturated rings. The molecule has 4 rings (SSSR count). The minimum atomic E-state index is -4.51. The van der Waals surface area contributed by atoms with Crippen LogP contribution in [0.3, 0.4) is 0 Å². The Bertz CT molecular complexity index is 1550. The Balaban J connectivity index is 1.54. The van der Waals surface area contributed by atoms with Crippen molar-refractivity contribution in [2.24, 2.45) is 0 Å². The van der Waals surface area contributed by atoms with Crippen molar-refractivity contribution in [3.05, 3.63) is 124 Å². The van der Waals surface area contributed by atoms with Crippen LogP contribution in [0.5, 0.6) is 5.75 Å². The molecule has 0 aromatic heterocycles. The molecule has 0 amide bonds. The van der Waals surface area contributed by atoms with E-state index in [4.69, 9.17) is 0 Å². The van der Waals surface area contributed by atoms with Gasteiger partial charge in [-0.2, -0.15) is 8.78 Å². The Morgan fingerprint density at radius 1 is 0.675 bits per heavy atom. The van der Waals surface area contributed by atoms with E-state index in [0.29, 0.717) is 23.8 Å². The van der Waals surface area contributed by atoms with Gasteiger partial charge in [-0.25, -0.2) is 26.3 Å². The second kappa shape index (κ2) is 11.8. The highest BCUT2D eigenvalue weighted by Crippen LogP contribution is 2.37. The number of halogens is 8. The van der Waals surface area contributed by atoms with E-state index < -0.39 is 52.3 Å². The summed E-state index contributed by atoms with van der Waals surface area (Å²) in [5.41, 5.74) is -0.816. The van der Waals surface area contributed by atoms with Crippen LogP contribution >= 0.6 is 0 Å². The van der Waals surface area contributed by atoms with E-state index in [1.54, 1.807) is 24.3 Å². The van der Waals surface area contributed by atoms with Gasteiger partial charge in [0.2, 0.25) is 0 Å². The number of hydrogen-bond donors (Lipinski definition) is 0. The summed E-state index contributed by atoms with van der Waals surface area (Å²) in [6.07, 6.45) is -1.70. The average molecular weight is 560 g/mol. The highest BCUT2D eigenvalue weighted by Gasteiger charge is 2.41. The molecular weight excluding hydrogens is 540 g/mol.